The lowest BCUT2D eigenvalue weighted by molar-refractivity contribution is 0.0806. The molecule has 0 unspecified atom stereocenters. The van der Waals surface area contributed by atoms with E-state index in [0.717, 1.165) is 6.54 Å². The van der Waals surface area contributed by atoms with Gasteiger partial charge in [-0.25, -0.2) is 4.39 Å². The molecule has 1 aromatic carbocycles. The van der Waals surface area contributed by atoms with Crippen LogP contribution in [0, 0.1) is 5.82 Å². The summed E-state index contributed by atoms with van der Waals surface area (Å²) in [6.45, 7) is 5.94. The molecule has 0 atom stereocenters. The zero-order valence-electron chi connectivity index (χ0n) is 9.29. The number of ether oxygens (including phenoxy) is 1. The van der Waals surface area contributed by atoms with Gasteiger partial charge in [0.15, 0.2) is 0 Å². The lowest BCUT2D eigenvalue weighted by Gasteiger charge is -2.08. The first-order chi connectivity index (χ1) is 7.20. The number of benzene rings is 1. The van der Waals surface area contributed by atoms with Crippen molar-refractivity contribution < 1.29 is 9.13 Å². The van der Waals surface area contributed by atoms with Crippen LogP contribution in [-0.4, -0.2) is 19.3 Å². The number of hydrogen-bond donors (Lipinski definition) is 1. The summed E-state index contributed by atoms with van der Waals surface area (Å²) in [4.78, 5) is 0. The van der Waals surface area contributed by atoms with Crippen molar-refractivity contribution in [3.05, 3.63) is 35.6 Å². The van der Waals surface area contributed by atoms with Crippen LogP contribution in [0.25, 0.3) is 0 Å². The third-order valence-corrected chi connectivity index (χ3v) is 2.00. The van der Waals surface area contributed by atoms with Crippen LogP contribution >= 0.6 is 0 Å². The highest BCUT2D eigenvalue weighted by atomic mass is 19.1. The molecule has 3 heteroatoms. The fourth-order valence-electron chi connectivity index (χ4n) is 1.23. The van der Waals surface area contributed by atoms with Gasteiger partial charge in [-0.05, 0) is 19.9 Å². The van der Waals surface area contributed by atoms with Crippen molar-refractivity contribution in [3.63, 3.8) is 0 Å². The predicted octanol–water partition coefficient (Wildman–Crippen LogP) is 2.34. The summed E-state index contributed by atoms with van der Waals surface area (Å²) in [5.74, 6) is -0.158. The monoisotopic (exact) mass is 211 g/mol. The minimum absolute atomic E-state index is 0.158. The van der Waals surface area contributed by atoms with E-state index >= 15 is 0 Å². The molecule has 1 rings (SSSR count). The molecule has 0 saturated carbocycles. The Bertz CT molecular complexity index is 289. The van der Waals surface area contributed by atoms with E-state index in [9.17, 15) is 4.39 Å². The van der Waals surface area contributed by atoms with Gasteiger partial charge in [-0.15, -0.1) is 0 Å². The first kappa shape index (κ1) is 12.1. The van der Waals surface area contributed by atoms with Crippen LogP contribution in [0.4, 0.5) is 4.39 Å². The summed E-state index contributed by atoms with van der Waals surface area (Å²) in [6.07, 6.45) is 0.250. The van der Waals surface area contributed by atoms with Gasteiger partial charge in [0.25, 0.3) is 0 Å². The molecule has 1 N–H and O–H groups in total. The molecular weight excluding hydrogens is 193 g/mol. The minimum atomic E-state index is -0.158. The van der Waals surface area contributed by atoms with E-state index in [0.29, 0.717) is 18.7 Å². The van der Waals surface area contributed by atoms with Crippen LogP contribution in [0.15, 0.2) is 24.3 Å². The first-order valence-corrected chi connectivity index (χ1v) is 5.26. The Morgan fingerprint density at radius 1 is 1.33 bits per heavy atom. The molecule has 0 heterocycles. The molecule has 0 saturated heterocycles. The van der Waals surface area contributed by atoms with Crippen LogP contribution in [0.1, 0.15) is 19.4 Å². The van der Waals surface area contributed by atoms with E-state index in [1.165, 1.54) is 6.07 Å². The summed E-state index contributed by atoms with van der Waals surface area (Å²) >= 11 is 0. The van der Waals surface area contributed by atoms with Crippen LogP contribution in [0.3, 0.4) is 0 Å². The van der Waals surface area contributed by atoms with Crippen molar-refractivity contribution in [1.29, 1.82) is 0 Å². The summed E-state index contributed by atoms with van der Waals surface area (Å²) < 4.78 is 18.5. The fourth-order valence-corrected chi connectivity index (χ4v) is 1.23. The average molecular weight is 211 g/mol. The third kappa shape index (κ3) is 4.91. The van der Waals surface area contributed by atoms with Gasteiger partial charge in [0.05, 0.1) is 12.7 Å². The van der Waals surface area contributed by atoms with Gasteiger partial charge in [-0.3, -0.25) is 0 Å². The fraction of sp³-hybridized carbons (Fsp3) is 0.500. The molecule has 0 fully saturated rings. The molecule has 2 nitrogen and oxygen atoms in total. The van der Waals surface area contributed by atoms with Gasteiger partial charge >= 0.3 is 0 Å². The molecule has 0 bridgehead atoms. The van der Waals surface area contributed by atoms with E-state index in [4.69, 9.17) is 4.74 Å². The zero-order chi connectivity index (χ0) is 11.1. The molecule has 0 aliphatic heterocycles. The van der Waals surface area contributed by atoms with Crippen molar-refractivity contribution in [2.45, 2.75) is 26.5 Å². The molecule has 15 heavy (non-hydrogen) atoms. The predicted molar refractivity (Wildman–Crippen MR) is 59.2 cm³/mol. The van der Waals surface area contributed by atoms with E-state index in [1.807, 2.05) is 19.9 Å². The second-order valence-electron chi connectivity index (χ2n) is 3.69. The number of nitrogens with one attached hydrogen (secondary N) is 1. The molecule has 0 spiro atoms. The Balaban J connectivity index is 2.18. The third-order valence-electron chi connectivity index (χ3n) is 2.00. The van der Waals surface area contributed by atoms with E-state index in [1.54, 1.807) is 12.1 Å². The minimum Gasteiger partial charge on any atom is -0.377 e. The second-order valence-corrected chi connectivity index (χ2v) is 3.69. The summed E-state index contributed by atoms with van der Waals surface area (Å²) in [5, 5.41) is 3.13. The largest absolute Gasteiger partial charge is 0.377 e. The quantitative estimate of drug-likeness (QED) is 0.729. The molecule has 0 amide bonds. The van der Waals surface area contributed by atoms with Crippen LogP contribution < -0.4 is 5.32 Å². The molecule has 0 aromatic heterocycles. The highest BCUT2D eigenvalue weighted by molar-refractivity contribution is 5.16. The normalized spacial score (nSPS) is 10.9. The molecule has 0 aliphatic carbocycles. The molecular formula is C12H18FNO. The van der Waals surface area contributed by atoms with Gasteiger partial charge in [0.1, 0.15) is 5.82 Å². The Morgan fingerprint density at radius 3 is 2.73 bits per heavy atom. The van der Waals surface area contributed by atoms with Crippen LogP contribution in [-0.2, 0) is 11.3 Å². The van der Waals surface area contributed by atoms with E-state index in [-0.39, 0.29) is 11.9 Å². The topological polar surface area (TPSA) is 21.3 Å². The van der Waals surface area contributed by atoms with Gasteiger partial charge in [-0.2, -0.15) is 0 Å². The highest BCUT2D eigenvalue weighted by Crippen LogP contribution is 2.04. The lowest BCUT2D eigenvalue weighted by atomic mass is 10.2. The van der Waals surface area contributed by atoms with Gasteiger partial charge in [0.2, 0.25) is 0 Å². The number of rotatable bonds is 6. The second kappa shape index (κ2) is 6.53. The smallest absolute Gasteiger partial charge is 0.127 e. The summed E-state index contributed by atoms with van der Waals surface area (Å²) in [5.41, 5.74) is 0.696. The van der Waals surface area contributed by atoms with Crippen LogP contribution in [0.2, 0.25) is 0 Å². The van der Waals surface area contributed by atoms with Crippen molar-refractivity contribution in [3.8, 4) is 0 Å². The standard InChI is InChI=1S/C12H18FNO/c1-10(2)15-8-7-14-9-11-5-3-4-6-12(11)13/h3-6,10,14H,7-9H2,1-2H3. The Labute approximate surface area is 90.4 Å². The molecule has 84 valence electrons. The number of halogens is 1. The Morgan fingerprint density at radius 2 is 2.07 bits per heavy atom. The number of hydrogen-bond acceptors (Lipinski definition) is 2. The summed E-state index contributed by atoms with van der Waals surface area (Å²) in [6, 6.07) is 6.79. The molecule has 1 aromatic rings. The van der Waals surface area contributed by atoms with Gasteiger partial charge < -0.3 is 10.1 Å². The van der Waals surface area contributed by atoms with Crippen molar-refractivity contribution >= 4 is 0 Å². The lowest BCUT2D eigenvalue weighted by Crippen LogP contribution is -2.21. The maximum Gasteiger partial charge on any atom is 0.127 e. The van der Waals surface area contributed by atoms with E-state index in [2.05, 4.69) is 5.32 Å². The maximum atomic E-state index is 13.2. The average Bonchev–Trinajstić information content (AvgIpc) is 2.20. The Kier molecular flexibility index (Phi) is 5.29. The Hall–Kier alpha value is -0.930. The van der Waals surface area contributed by atoms with E-state index < -0.39 is 0 Å². The maximum absolute atomic E-state index is 13.2. The molecule has 0 aliphatic rings. The summed E-state index contributed by atoms with van der Waals surface area (Å²) in [7, 11) is 0. The van der Waals surface area contributed by atoms with Crippen molar-refractivity contribution in [2.75, 3.05) is 13.2 Å². The van der Waals surface area contributed by atoms with Crippen LogP contribution in [0.5, 0.6) is 0 Å². The SMILES string of the molecule is CC(C)OCCNCc1ccccc1F. The van der Waals surface area contributed by atoms with Crippen molar-refractivity contribution in [1.82, 2.24) is 5.32 Å². The van der Waals surface area contributed by atoms with Crippen molar-refractivity contribution in [2.24, 2.45) is 0 Å². The van der Waals surface area contributed by atoms with Gasteiger partial charge in [0, 0.05) is 18.7 Å². The molecule has 0 radical (unpaired) electrons. The zero-order valence-corrected chi connectivity index (χ0v) is 9.29. The first-order valence-electron chi connectivity index (χ1n) is 5.26. The highest BCUT2D eigenvalue weighted by Gasteiger charge is 1.99. The van der Waals surface area contributed by atoms with Gasteiger partial charge in [-0.1, -0.05) is 18.2 Å².